The van der Waals surface area contributed by atoms with Crippen LogP contribution in [0.2, 0.25) is 5.02 Å². The van der Waals surface area contributed by atoms with Crippen LogP contribution in [-0.2, 0) is 9.53 Å². The van der Waals surface area contributed by atoms with Gasteiger partial charge in [-0.15, -0.1) is 0 Å². The highest BCUT2D eigenvalue weighted by Crippen LogP contribution is 2.42. The first kappa shape index (κ1) is 21.3. The largest absolute Gasteiger partial charge is 0.375 e. The van der Waals surface area contributed by atoms with E-state index in [1.165, 1.54) is 7.11 Å². The van der Waals surface area contributed by atoms with Gasteiger partial charge in [-0.1, -0.05) is 17.7 Å². The molecule has 0 spiro atoms. The van der Waals surface area contributed by atoms with Crippen LogP contribution in [0.25, 0.3) is 0 Å². The summed E-state index contributed by atoms with van der Waals surface area (Å²) in [7, 11) is 1.46. The molecule has 0 saturated carbocycles. The molecule has 31 heavy (non-hydrogen) atoms. The summed E-state index contributed by atoms with van der Waals surface area (Å²) in [4.78, 5) is 21.8. The van der Waals surface area contributed by atoms with Crippen molar-refractivity contribution < 1.29 is 9.53 Å². The van der Waals surface area contributed by atoms with Gasteiger partial charge in [0.15, 0.2) is 5.11 Å². The van der Waals surface area contributed by atoms with Gasteiger partial charge in [-0.25, -0.2) is 0 Å². The minimum absolute atomic E-state index is 0.0434. The summed E-state index contributed by atoms with van der Waals surface area (Å²) >= 11 is 12.2. The second kappa shape index (κ2) is 9.05. The molecule has 9 heteroatoms. The fourth-order valence-corrected chi connectivity index (χ4v) is 4.29. The molecule has 4 rings (SSSR count). The van der Waals surface area contributed by atoms with Crippen LogP contribution in [-0.4, -0.2) is 34.7 Å². The maximum Gasteiger partial charge on any atom is 0.250 e. The number of ether oxygens (including phenoxy) is 1. The summed E-state index contributed by atoms with van der Waals surface area (Å²) < 4.78 is 4.86. The van der Waals surface area contributed by atoms with E-state index in [0.29, 0.717) is 15.8 Å². The molecular weight excluding hydrogens is 434 g/mol. The lowest BCUT2D eigenvalue weighted by Crippen LogP contribution is -2.29. The van der Waals surface area contributed by atoms with Crippen molar-refractivity contribution in [1.82, 2.24) is 15.3 Å². The number of aryl methyl sites for hydroxylation is 1. The van der Waals surface area contributed by atoms with Crippen molar-refractivity contribution in [2.45, 2.75) is 19.0 Å². The number of aromatic amines is 1. The molecule has 1 aliphatic rings. The second-order valence-corrected chi connectivity index (χ2v) is 8.03. The maximum absolute atomic E-state index is 11.9. The lowest BCUT2D eigenvalue weighted by atomic mass is 10.0. The Hall–Kier alpha value is -2.94. The summed E-state index contributed by atoms with van der Waals surface area (Å²) in [6.45, 7) is 1.97. The zero-order valence-electron chi connectivity index (χ0n) is 17.1. The Labute approximate surface area is 190 Å². The Morgan fingerprint density at radius 1 is 1.29 bits per heavy atom. The quantitative estimate of drug-likeness (QED) is 0.485. The molecule has 1 aromatic carbocycles. The first-order chi connectivity index (χ1) is 15.0. The average Bonchev–Trinajstić information content (AvgIpc) is 3.33. The molecule has 1 saturated heterocycles. The minimum Gasteiger partial charge on any atom is -0.375 e. The Morgan fingerprint density at radius 3 is 2.77 bits per heavy atom. The van der Waals surface area contributed by atoms with Gasteiger partial charge in [-0.3, -0.25) is 9.78 Å². The summed E-state index contributed by atoms with van der Waals surface area (Å²) in [5.41, 5.74) is 4.28. The van der Waals surface area contributed by atoms with E-state index < -0.39 is 0 Å². The third-order valence-corrected chi connectivity index (χ3v) is 5.68. The van der Waals surface area contributed by atoms with E-state index in [9.17, 15) is 4.79 Å². The van der Waals surface area contributed by atoms with Crippen molar-refractivity contribution in [3.63, 3.8) is 0 Å². The molecule has 7 nitrogen and oxygen atoms in total. The van der Waals surface area contributed by atoms with Crippen LogP contribution in [0.1, 0.15) is 29.2 Å². The number of amides is 1. The second-order valence-electron chi connectivity index (χ2n) is 7.24. The highest BCUT2D eigenvalue weighted by atomic mass is 35.5. The Kier molecular flexibility index (Phi) is 6.22. The van der Waals surface area contributed by atoms with Crippen LogP contribution in [0.4, 0.5) is 11.4 Å². The van der Waals surface area contributed by atoms with E-state index in [1.54, 1.807) is 18.3 Å². The number of hydrogen-bond acceptors (Lipinski definition) is 4. The van der Waals surface area contributed by atoms with Crippen LogP contribution in [0.3, 0.4) is 0 Å². The van der Waals surface area contributed by atoms with Gasteiger partial charge in [0.1, 0.15) is 12.6 Å². The van der Waals surface area contributed by atoms with Crippen LogP contribution in [0.15, 0.2) is 54.7 Å². The third-order valence-electron chi connectivity index (χ3n) is 5.05. The predicted octanol–water partition coefficient (Wildman–Crippen LogP) is 4.13. The average molecular weight is 456 g/mol. The van der Waals surface area contributed by atoms with Crippen molar-refractivity contribution in [1.29, 1.82) is 0 Å². The third kappa shape index (κ3) is 4.41. The molecular formula is C22H22ClN5O2S. The molecule has 0 radical (unpaired) electrons. The molecule has 1 fully saturated rings. The number of methoxy groups -OCH3 is 1. The van der Waals surface area contributed by atoms with Crippen molar-refractivity contribution >= 4 is 46.2 Å². The summed E-state index contributed by atoms with van der Waals surface area (Å²) in [6, 6.07) is 15.1. The highest BCUT2D eigenvalue weighted by Gasteiger charge is 2.41. The van der Waals surface area contributed by atoms with Gasteiger partial charge < -0.3 is 25.3 Å². The van der Waals surface area contributed by atoms with Gasteiger partial charge in [0.05, 0.1) is 22.4 Å². The zero-order chi connectivity index (χ0) is 22.0. The molecule has 3 N–H and O–H groups in total. The number of nitrogens with one attached hydrogen (secondary N) is 3. The number of halogens is 1. The van der Waals surface area contributed by atoms with E-state index in [1.807, 2.05) is 42.2 Å². The van der Waals surface area contributed by atoms with Gasteiger partial charge in [0, 0.05) is 30.4 Å². The van der Waals surface area contributed by atoms with Crippen LogP contribution >= 0.6 is 23.8 Å². The number of carbonyl (C=O) groups is 1. The van der Waals surface area contributed by atoms with Crippen LogP contribution in [0.5, 0.6) is 0 Å². The molecule has 2 aromatic heterocycles. The molecule has 3 aromatic rings. The lowest BCUT2D eigenvalue weighted by molar-refractivity contribution is -0.119. The highest BCUT2D eigenvalue weighted by molar-refractivity contribution is 7.80. The van der Waals surface area contributed by atoms with Crippen molar-refractivity contribution in [3.05, 3.63) is 76.8 Å². The molecule has 2 atom stereocenters. The number of pyridine rings is 1. The molecule has 0 aliphatic carbocycles. The van der Waals surface area contributed by atoms with Gasteiger partial charge in [-0.2, -0.15) is 0 Å². The van der Waals surface area contributed by atoms with E-state index >= 15 is 0 Å². The monoisotopic (exact) mass is 455 g/mol. The standard InChI is InChI=1S/C22H22ClN5O2S/c1-13-6-8-18(25-13)21-20(17-5-3-4-10-24-17)27-22(31)28(21)14-7-9-16(15(23)11-14)26-19(29)12-30-2/h3-11,20-21,25H,12H2,1-2H3,(H,26,29)(H,27,31)/t20-,21+/m1/s1. The van der Waals surface area contributed by atoms with E-state index in [-0.39, 0.29) is 24.6 Å². The molecule has 0 unspecified atom stereocenters. The van der Waals surface area contributed by atoms with Gasteiger partial charge in [0.25, 0.3) is 0 Å². The number of aromatic nitrogens is 2. The van der Waals surface area contributed by atoms with Crippen molar-refractivity contribution in [3.8, 4) is 0 Å². The number of nitrogens with zero attached hydrogens (tertiary/aromatic N) is 2. The van der Waals surface area contributed by atoms with Crippen LogP contribution < -0.4 is 15.5 Å². The van der Waals surface area contributed by atoms with Crippen LogP contribution in [0, 0.1) is 6.92 Å². The molecule has 3 heterocycles. The lowest BCUT2D eigenvalue weighted by Gasteiger charge is -2.27. The Bertz CT molecular complexity index is 1100. The van der Waals surface area contributed by atoms with E-state index in [4.69, 9.17) is 28.6 Å². The van der Waals surface area contributed by atoms with Gasteiger partial charge in [-0.05, 0) is 61.6 Å². The number of thiocarbonyl (C=S) groups is 1. The number of H-pyrrole nitrogens is 1. The van der Waals surface area contributed by atoms with Gasteiger partial charge in [0.2, 0.25) is 5.91 Å². The number of anilines is 2. The first-order valence-electron chi connectivity index (χ1n) is 9.72. The summed E-state index contributed by atoms with van der Waals surface area (Å²) in [6.07, 6.45) is 1.77. The first-order valence-corrected chi connectivity index (χ1v) is 10.5. The Balaban J connectivity index is 1.71. The summed E-state index contributed by atoms with van der Waals surface area (Å²) in [5.74, 6) is -0.273. The minimum atomic E-state index is -0.273. The van der Waals surface area contributed by atoms with Crippen molar-refractivity contribution in [2.24, 2.45) is 0 Å². The topological polar surface area (TPSA) is 82.3 Å². The molecule has 1 aliphatic heterocycles. The predicted molar refractivity (Wildman–Crippen MR) is 125 cm³/mol. The molecule has 1 amide bonds. The zero-order valence-corrected chi connectivity index (χ0v) is 18.6. The number of hydrogen-bond donors (Lipinski definition) is 3. The molecule has 0 bridgehead atoms. The van der Waals surface area contributed by atoms with Crippen molar-refractivity contribution in [2.75, 3.05) is 23.9 Å². The number of carbonyl (C=O) groups excluding carboxylic acids is 1. The number of benzene rings is 1. The fourth-order valence-electron chi connectivity index (χ4n) is 3.72. The molecule has 160 valence electrons. The summed E-state index contributed by atoms with van der Waals surface area (Å²) in [5, 5.41) is 7.13. The smallest absolute Gasteiger partial charge is 0.250 e. The van der Waals surface area contributed by atoms with Gasteiger partial charge >= 0.3 is 0 Å². The Morgan fingerprint density at radius 2 is 2.13 bits per heavy atom. The van der Waals surface area contributed by atoms with E-state index in [0.717, 1.165) is 22.8 Å². The fraction of sp³-hybridized carbons (Fsp3) is 0.227. The maximum atomic E-state index is 11.9. The van der Waals surface area contributed by atoms with E-state index in [2.05, 4.69) is 26.7 Å². The number of rotatable bonds is 6. The SMILES string of the molecule is COCC(=O)Nc1ccc(N2C(=S)N[C@H](c3ccccn3)[C@@H]2c2ccc(C)[nH]2)cc1Cl. The normalized spacial score (nSPS) is 18.2.